The molecule has 2 N–H and O–H groups in total. The Morgan fingerprint density at radius 3 is 2.92 bits per heavy atom. The van der Waals surface area contributed by atoms with Crippen LogP contribution in [-0.4, -0.2) is 15.9 Å². The van der Waals surface area contributed by atoms with Gasteiger partial charge in [0.15, 0.2) is 5.13 Å². The highest BCUT2D eigenvalue weighted by Crippen LogP contribution is 2.24. The molecule has 0 aliphatic heterocycles. The molecule has 2 amide bonds. The van der Waals surface area contributed by atoms with Gasteiger partial charge in [0.1, 0.15) is 6.20 Å². The number of thiazole rings is 1. The molecule has 0 bridgehead atoms. The lowest BCUT2D eigenvalue weighted by Gasteiger charge is -1.96. The van der Waals surface area contributed by atoms with Crippen molar-refractivity contribution in [3.8, 4) is 0 Å². The second-order valence-electron chi connectivity index (χ2n) is 1.89. The number of hydrogen-bond donors (Lipinski definition) is 2. The van der Waals surface area contributed by atoms with E-state index in [0.717, 1.165) is 17.5 Å². The molecule has 0 saturated heterocycles. The maximum absolute atomic E-state index is 10.7. The Morgan fingerprint density at radius 1 is 1.77 bits per heavy atom. The van der Waals surface area contributed by atoms with Gasteiger partial charge in [0.2, 0.25) is 0 Å². The van der Waals surface area contributed by atoms with Gasteiger partial charge >= 0.3 is 11.0 Å². The maximum atomic E-state index is 10.7. The fraction of sp³-hybridized carbons (Fsp3) is 0. The van der Waals surface area contributed by atoms with Crippen molar-refractivity contribution < 1.29 is 9.72 Å². The van der Waals surface area contributed by atoms with Crippen LogP contribution in [0.15, 0.2) is 6.20 Å². The van der Waals surface area contributed by atoms with Crippen molar-refractivity contribution in [3.05, 3.63) is 23.4 Å². The van der Waals surface area contributed by atoms with Gasteiger partial charge in [0.25, 0.3) is 0 Å². The van der Waals surface area contributed by atoms with Crippen LogP contribution in [0.3, 0.4) is 0 Å². The lowest BCUT2D eigenvalue weighted by molar-refractivity contribution is -0.380. The first-order valence-electron chi connectivity index (χ1n) is 3.08. The summed E-state index contributed by atoms with van der Waals surface area (Å²) in [7, 11) is 3.10. The highest BCUT2D eigenvalue weighted by molar-refractivity contribution is 7.18. The second kappa shape index (κ2) is 3.81. The van der Waals surface area contributed by atoms with E-state index in [4.69, 9.17) is 0 Å². The average Bonchev–Trinajstić information content (AvgIpc) is 2.52. The third-order valence-corrected chi connectivity index (χ3v) is 1.92. The average molecular weight is 201 g/mol. The molecule has 0 unspecified atom stereocenters. The van der Waals surface area contributed by atoms with Crippen LogP contribution in [0.4, 0.5) is 14.9 Å². The van der Waals surface area contributed by atoms with Gasteiger partial charge in [-0.3, -0.25) is 15.4 Å². The van der Waals surface area contributed by atoms with Crippen LogP contribution in [0.1, 0.15) is 0 Å². The third-order valence-electron chi connectivity index (χ3n) is 1.05. The molecule has 0 aliphatic carbocycles. The summed E-state index contributed by atoms with van der Waals surface area (Å²) >= 11 is 0.775. The maximum Gasteiger partial charge on any atom is 0.345 e. The number of urea groups is 1. The highest BCUT2D eigenvalue weighted by atomic mass is 32.1. The summed E-state index contributed by atoms with van der Waals surface area (Å²) in [5.74, 6) is 0. The van der Waals surface area contributed by atoms with Gasteiger partial charge in [0.05, 0.1) is 4.92 Å². The van der Waals surface area contributed by atoms with Crippen LogP contribution in [-0.2, 0) is 0 Å². The predicted molar refractivity (Wildman–Crippen MR) is 46.3 cm³/mol. The van der Waals surface area contributed by atoms with Crippen LogP contribution in [0.2, 0.25) is 0 Å². The van der Waals surface area contributed by atoms with Crippen LogP contribution >= 0.6 is 11.3 Å². The van der Waals surface area contributed by atoms with Gasteiger partial charge in [-0.15, -0.1) is 0 Å². The first kappa shape index (κ1) is 9.39. The van der Waals surface area contributed by atoms with Crippen LogP contribution in [0, 0.1) is 17.2 Å². The summed E-state index contributed by atoms with van der Waals surface area (Å²) < 4.78 is 0. The van der Waals surface area contributed by atoms with E-state index in [1.54, 1.807) is 0 Å². The molecule has 1 aromatic rings. The minimum Gasteiger partial charge on any atom is -0.336 e. The Kier molecular flexibility index (Phi) is 2.75. The van der Waals surface area contributed by atoms with Gasteiger partial charge in [-0.2, -0.15) is 0 Å². The molecule has 1 aromatic heterocycles. The Bertz CT molecular complexity index is 336. The van der Waals surface area contributed by atoms with E-state index in [0.29, 0.717) is 0 Å². The molecular weight excluding hydrogens is 196 g/mol. The number of anilines is 1. The number of carbonyl (C=O) groups excluding carboxylic acids is 1. The SMILES string of the molecule is [CH2]NC(=O)Nc1ncc([N+](=O)[O-])s1. The summed E-state index contributed by atoms with van der Waals surface area (Å²) in [5, 5.41) is 14.5. The van der Waals surface area contributed by atoms with Gasteiger partial charge in [-0.25, -0.2) is 9.78 Å². The number of aromatic nitrogens is 1. The number of carbonyl (C=O) groups is 1. The number of nitrogens with zero attached hydrogens (tertiary/aromatic N) is 2. The van der Waals surface area contributed by atoms with Gasteiger partial charge in [-0.1, -0.05) is 0 Å². The molecule has 0 atom stereocenters. The van der Waals surface area contributed by atoms with Crippen molar-refractivity contribution in [1.29, 1.82) is 0 Å². The molecule has 0 saturated carbocycles. The van der Waals surface area contributed by atoms with E-state index < -0.39 is 11.0 Å². The number of amides is 2. The Morgan fingerprint density at radius 2 is 2.46 bits per heavy atom. The molecular formula is C5H5N4O3S. The molecule has 1 radical (unpaired) electrons. The summed E-state index contributed by atoms with van der Waals surface area (Å²) in [6, 6.07) is -0.566. The number of rotatable bonds is 2. The zero-order valence-corrected chi connectivity index (χ0v) is 7.13. The molecule has 0 spiro atoms. The van der Waals surface area contributed by atoms with E-state index in [-0.39, 0.29) is 10.1 Å². The third kappa shape index (κ3) is 2.37. The van der Waals surface area contributed by atoms with Crippen LogP contribution in [0.25, 0.3) is 0 Å². The number of nitro groups is 1. The van der Waals surface area contributed by atoms with E-state index in [9.17, 15) is 14.9 Å². The van der Waals surface area contributed by atoms with E-state index in [1.165, 1.54) is 0 Å². The van der Waals surface area contributed by atoms with Gasteiger partial charge in [0, 0.05) is 7.05 Å². The first-order chi connectivity index (χ1) is 6.13. The van der Waals surface area contributed by atoms with Crippen molar-refractivity contribution in [2.45, 2.75) is 0 Å². The van der Waals surface area contributed by atoms with E-state index >= 15 is 0 Å². The lowest BCUT2D eigenvalue weighted by atomic mass is 10.8. The fourth-order valence-electron chi connectivity index (χ4n) is 0.549. The largest absolute Gasteiger partial charge is 0.345 e. The summed E-state index contributed by atoms with van der Waals surface area (Å²) in [5.41, 5.74) is 0. The van der Waals surface area contributed by atoms with Crippen molar-refractivity contribution in [3.63, 3.8) is 0 Å². The van der Waals surface area contributed by atoms with Crippen molar-refractivity contribution in [1.82, 2.24) is 10.3 Å². The Balaban J connectivity index is 2.69. The normalized spacial score (nSPS) is 9.31. The summed E-state index contributed by atoms with van der Waals surface area (Å²) in [4.78, 5) is 23.9. The minimum atomic E-state index is -0.578. The predicted octanol–water partition coefficient (Wildman–Crippen LogP) is 0.964. The molecule has 0 aliphatic rings. The Hall–Kier alpha value is -1.70. The molecule has 1 heterocycles. The zero-order valence-electron chi connectivity index (χ0n) is 6.31. The molecule has 0 aromatic carbocycles. The number of hydrogen-bond acceptors (Lipinski definition) is 5. The first-order valence-corrected chi connectivity index (χ1v) is 3.89. The van der Waals surface area contributed by atoms with Gasteiger partial charge in [-0.05, 0) is 11.3 Å². The molecule has 69 valence electrons. The molecule has 8 heteroatoms. The van der Waals surface area contributed by atoms with Gasteiger partial charge < -0.3 is 5.32 Å². The van der Waals surface area contributed by atoms with Crippen molar-refractivity contribution in [2.75, 3.05) is 5.32 Å². The minimum absolute atomic E-state index is 0.126. The topological polar surface area (TPSA) is 97.2 Å². The van der Waals surface area contributed by atoms with E-state index in [1.807, 2.05) is 5.32 Å². The van der Waals surface area contributed by atoms with E-state index in [2.05, 4.69) is 17.3 Å². The fourth-order valence-corrected chi connectivity index (χ4v) is 1.18. The summed E-state index contributed by atoms with van der Waals surface area (Å²) in [6.07, 6.45) is 1.07. The highest BCUT2D eigenvalue weighted by Gasteiger charge is 2.12. The van der Waals surface area contributed by atoms with Crippen molar-refractivity contribution >= 4 is 27.5 Å². The molecule has 13 heavy (non-hydrogen) atoms. The lowest BCUT2D eigenvalue weighted by Crippen LogP contribution is -2.22. The van der Waals surface area contributed by atoms with Crippen molar-refractivity contribution in [2.24, 2.45) is 0 Å². The van der Waals surface area contributed by atoms with Crippen LogP contribution in [0.5, 0.6) is 0 Å². The van der Waals surface area contributed by atoms with Crippen LogP contribution < -0.4 is 10.6 Å². The molecule has 0 fully saturated rings. The standard InChI is InChI=1S/C5H5N4O3S/c1-6-4(10)8-5-7-2-3(13-5)9(11)12/h2H,1H2,(H2,6,7,8,10). The monoisotopic (exact) mass is 201 g/mol. The molecule has 1 rings (SSSR count). The zero-order chi connectivity index (χ0) is 9.84. The number of nitrogens with one attached hydrogen (secondary N) is 2. The second-order valence-corrected chi connectivity index (χ2v) is 2.90. The quantitative estimate of drug-likeness (QED) is 0.550. The smallest absolute Gasteiger partial charge is 0.336 e. The molecule has 7 nitrogen and oxygen atoms in total. The Labute approximate surface area is 76.9 Å². The summed E-state index contributed by atoms with van der Waals surface area (Å²) in [6.45, 7) is 0.